The number of ketones is 1. The van der Waals surface area contributed by atoms with Crippen molar-refractivity contribution in [1.29, 1.82) is 0 Å². The van der Waals surface area contributed by atoms with Gasteiger partial charge < -0.3 is 5.32 Å². The average Bonchev–Trinajstić information content (AvgIpc) is 2.72. The van der Waals surface area contributed by atoms with Crippen LogP contribution in [0.1, 0.15) is 13.8 Å². The number of non-ortho nitro benzene ring substituents is 1. The first-order valence-electron chi connectivity index (χ1n) is 9.74. The average molecular weight is 519 g/mol. The molecular formula is C19H20F3N5O7S. The normalized spacial score (nSPS) is 12.8. The molecule has 1 atom stereocenters. The molecule has 12 nitrogen and oxygen atoms in total. The van der Waals surface area contributed by atoms with Gasteiger partial charge in [0, 0.05) is 17.7 Å². The minimum absolute atomic E-state index is 0.109. The number of amides is 1. The Bertz CT molecular complexity index is 1310. The minimum atomic E-state index is -5.22. The van der Waals surface area contributed by atoms with Crippen molar-refractivity contribution in [1.82, 2.24) is 14.9 Å². The standard InChI is InChI=1S/C19H20F3N5O7S/c1-10(2)15(16(29)19(20,21)22)24-14(28)9-26-17(11-4-6-12(7-5-11)27(31)32)23-8-13(18(26)30)25-35(3,33)34/h4-8,10,15,25H,9H2,1-3H3,(H,24,28). The Kier molecular flexibility index (Phi) is 8.00. The van der Waals surface area contributed by atoms with Crippen LogP contribution in [0.15, 0.2) is 35.3 Å². The fourth-order valence-electron chi connectivity index (χ4n) is 2.95. The molecule has 35 heavy (non-hydrogen) atoms. The van der Waals surface area contributed by atoms with Gasteiger partial charge >= 0.3 is 6.18 Å². The number of halogens is 3. The summed E-state index contributed by atoms with van der Waals surface area (Å²) in [6.45, 7) is 1.62. The van der Waals surface area contributed by atoms with Gasteiger partial charge in [-0.05, 0) is 18.1 Å². The van der Waals surface area contributed by atoms with Crippen LogP contribution < -0.4 is 15.6 Å². The van der Waals surface area contributed by atoms with Gasteiger partial charge in [0.15, 0.2) is 0 Å². The van der Waals surface area contributed by atoms with Gasteiger partial charge in [-0.3, -0.25) is 33.8 Å². The Morgan fingerprint density at radius 1 is 1.20 bits per heavy atom. The number of Topliss-reactive ketones (excluding diaryl/α,β-unsaturated/α-hetero) is 1. The number of aromatic nitrogens is 2. The Labute approximate surface area is 196 Å². The predicted molar refractivity (Wildman–Crippen MR) is 117 cm³/mol. The molecule has 0 aliphatic heterocycles. The number of nitro groups is 1. The van der Waals surface area contributed by atoms with Gasteiger partial charge in [-0.2, -0.15) is 13.2 Å². The smallest absolute Gasteiger partial charge is 0.344 e. The van der Waals surface area contributed by atoms with Crippen molar-refractivity contribution in [3.63, 3.8) is 0 Å². The lowest BCUT2D eigenvalue weighted by molar-refractivity contribution is -0.384. The summed E-state index contributed by atoms with van der Waals surface area (Å²) in [5, 5.41) is 12.8. The van der Waals surface area contributed by atoms with E-state index in [1.807, 2.05) is 10.0 Å². The van der Waals surface area contributed by atoms with E-state index in [0.29, 0.717) is 4.57 Å². The third-order valence-corrected chi connectivity index (χ3v) is 5.12. The molecule has 2 N–H and O–H groups in total. The number of carbonyl (C=O) groups is 2. The molecule has 1 aromatic carbocycles. The van der Waals surface area contributed by atoms with E-state index >= 15 is 0 Å². The maximum atomic E-state index is 12.9. The van der Waals surface area contributed by atoms with Gasteiger partial charge in [0.1, 0.15) is 18.1 Å². The zero-order valence-corrected chi connectivity index (χ0v) is 19.3. The summed E-state index contributed by atoms with van der Waals surface area (Å²) in [5.74, 6) is -4.53. The Morgan fingerprint density at radius 2 is 1.77 bits per heavy atom. The van der Waals surface area contributed by atoms with Crippen molar-refractivity contribution in [3.8, 4) is 11.4 Å². The molecule has 0 aliphatic carbocycles. The lowest BCUT2D eigenvalue weighted by atomic mass is 9.99. The van der Waals surface area contributed by atoms with Crippen LogP contribution in [0.2, 0.25) is 0 Å². The van der Waals surface area contributed by atoms with E-state index < -0.39 is 62.6 Å². The summed E-state index contributed by atoms with van der Waals surface area (Å²) in [7, 11) is -3.94. The number of sulfonamides is 1. The summed E-state index contributed by atoms with van der Waals surface area (Å²) in [4.78, 5) is 51.4. The Morgan fingerprint density at radius 3 is 2.23 bits per heavy atom. The van der Waals surface area contributed by atoms with Gasteiger partial charge in [0.05, 0.1) is 23.4 Å². The zero-order valence-electron chi connectivity index (χ0n) is 18.5. The number of carbonyl (C=O) groups excluding carboxylic acids is 2. The number of nitrogens with zero attached hydrogens (tertiary/aromatic N) is 3. The number of alkyl halides is 3. The van der Waals surface area contributed by atoms with Crippen LogP contribution in [0.25, 0.3) is 11.4 Å². The molecule has 0 saturated carbocycles. The Balaban J connectivity index is 2.53. The number of benzene rings is 1. The second-order valence-corrected chi connectivity index (χ2v) is 9.46. The van der Waals surface area contributed by atoms with Crippen molar-refractivity contribution < 1.29 is 36.1 Å². The molecule has 2 aromatic rings. The monoisotopic (exact) mass is 519 g/mol. The van der Waals surface area contributed by atoms with Crippen molar-refractivity contribution in [2.75, 3.05) is 11.0 Å². The molecule has 1 aromatic heterocycles. The van der Waals surface area contributed by atoms with Crippen LogP contribution in [0.3, 0.4) is 0 Å². The number of anilines is 1. The highest BCUT2D eigenvalue weighted by molar-refractivity contribution is 7.92. The molecule has 16 heteroatoms. The topological polar surface area (TPSA) is 170 Å². The summed E-state index contributed by atoms with van der Waals surface area (Å²) < 4.78 is 64.4. The van der Waals surface area contributed by atoms with Gasteiger partial charge in [0.2, 0.25) is 15.9 Å². The second kappa shape index (κ2) is 10.2. The third kappa shape index (κ3) is 7.08. The Hall–Kier alpha value is -3.82. The van der Waals surface area contributed by atoms with Crippen LogP contribution in [-0.2, 0) is 26.2 Å². The number of nitro benzene ring substituents is 1. The SMILES string of the molecule is CC(C)C(NC(=O)Cn1c(-c2ccc([N+](=O)[O-])cc2)ncc(NS(C)(=O)=O)c1=O)C(=O)C(F)(F)F. The van der Waals surface area contributed by atoms with E-state index in [2.05, 4.69) is 4.98 Å². The van der Waals surface area contributed by atoms with Crippen molar-refractivity contribution in [2.45, 2.75) is 32.6 Å². The molecule has 0 saturated heterocycles. The predicted octanol–water partition coefficient (Wildman–Crippen LogP) is 1.46. The van der Waals surface area contributed by atoms with Gasteiger partial charge in [0.25, 0.3) is 17.0 Å². The lowest BCUT2D eigenvalue weighted by Crippen LogP contribution is -2.51. The van der Waals surface area contributed by atoms with E-state index in [9.17, 15) is 46.1 Å². The first-order valence-corrected chi connectivity index (χ1v) is 11.6. The molecule has 2 rings (SSSR count). The molecule has 0 aliphatic rings. The van der Waals surface area contributed by atoms with Crippen LogP contribution in [0.4, 0.5) is 24.5 Å². The largest absolute Gasteiger partial charge is 0.452 e. The molecule has 0 radical (unpaired) electrons. The van der Waals surface area contributed by atoms with Crippen LogP contribution >= 0.6 is 0 Å². The highest BCUT2D eigenvalue weighted by Crippen LogP contribution is 2.22. The third-order valence-electron chi connectivity index (χ3n) is 4.53. The molecule has 1 unspecified atom stereocenters. The molecule has 0 fully saturated rings. The van der Waals surface area contributed by atoms with E-state index in [0.717, 1.165) is 24.6 Å². The lowest BCUT2D eigenvalue weighted by Gasteiger charge is -2.23. The highest BCUT2D eigenvalue weighted by atomic mass is 32.2. The van der Waals surface area contributed by atoms with Crippen LogP contribution in [0, 0.1) is 16.0 Å². The number of hydrogen-bond donors (Lipinski definition) is 2. The number of rotatable bonds is 9. The summed E-state index contributed by atoms with van der Waals surface area (Å²) >= 11 is 0. The van der Waals surface area contributed by atoms with E-state index in [1.54, 1.807) is 0 Å². The summed E-state index contributed by atoms with van der Waals surface area (Å²) in [6, 6.07) is 2.66. The fraction of sp³-hybridized carbons (Fsp3) is 0.368. The molecule has 190 valence electrons. The highest BCUT2D eigenvalue weighted by Gasteiger charge is 2.45. The first kappa shape index (κ1) is 27.4. The van der Waals surface area contributed by atoms with E-state index in [-0.39, 0.29) is 17.1 Å². The second-order valence-electron chi connectivity index (χ2n) is 7.72. The molecule has 0 spiro atoms. The van der Waals surface area contributed by atoms with Gasteiger partial charge in [-0.25, -0.2) is 13.4 Å². The zero-order chi connectivity index (χ0) is 26.7. The van der Waals surface area contributed by atoms with Gasteiger partial charge in [-0.15, -0.1) is 0 Å². The quantitative estimate of drug-likeness (QED) is 0.370. The van der Waals surface area contributed by atoms with Crippen molar-refractivity contribution >= 4 is 33.1 Å². The summed E-state index contributed by atoms with van der Waals surface area (Å²) in [6.07, 6.45) is -3.60. The maximum absolute atomic E-state index is 12.9. The van der Waals surface area contributed by atoms with Crippen LogP contribution in [-0.4, -0.2) is 53.1 Å². The molecule has 1 amide bonds. The van der Waals surface area contributed by atoms with E-state index in [4.69, 9.17) is 0 Å². The molecule has 0 bridgehead atoms. The van der Waals surface area contributed by atoms with Gasteiger partial charge in [-0.1, -0.05) is 13.8 Å². The minimum Gasteiger partial charge on any atom is -0.344 e. The summed E-state index contributed by atoms with van der Waals surface area (Å²) in [5.41, 5.74) is -1.81. The fourth-order valence-corrected chi connectivity index (χ4v) is 3.48. The van der Waals surface area contributed by atoms with E-state index in [1.165, 1.54) is 26.0 Å². The van der Waals surface area contributed by atoms with Crippen LogP contribution in [0.5, 0.6) is 0 Å². The molecular weight excluding hydrogens is 499 g/mol. The number of nitrogens with one attached hydrogen (secondary N) is 2. The first-order chi connectivity index (χ1) is 16.0. The molecule has 1 heterocycles. The van der Waals surface area contributed by atoms with Crippen molar-refractivity contribution in [3.05, 3.63) is 50.9 Å². The number of hydrogen-bond acceptors (Lipinski definition) is 8. The van der Waals surface area contributed by atoms with Crippen molar-refractivity contribution in [2.24, 2.45) is 5.92 Å². The maximum Gasteiger partial charge on any atom is 0.452 e.